The summed E-state index contributed by atoms with van der Waals surface area (Å²) in [6.45, 7) is 2.16. The molecule has 0 saturated carbocycles. The number of carbonyl (C=O) groups excluding carboxylic acids is 2. The van der Waals surface area contributed by atoms with E-state index < -0.39 is 22.5 Å². The van der Waals surface area contributed by atoms with Crippen molar-refractivity contribution in [3.05, 3.63) is 51.4 Å². The van der Waals surface area contributed by atoms with E-state index in [0.29, 0.717) is 29.1 Å². The Kier molecular flexibility index (Phi) is 6.96. The summed E-state index contributed by atoms with van der Waals surface area (Å²) in [6, 6.07) is 2.41. The van der Waals surface area contributed by atoms with Crippen molar-refractivity contribution in [3.8, 4) is 0 Å². The fraction of sp³-hybridized carbons (Fsp3) is 0.400. The molecule has 33 heavy (non-hydrogen) atoms. The van der Waals surface area contributed by atoms with Gasteiger partial charge in [-0.3, -0.25) is 19.5 Å². The van der Waals surface area contributed by atoms with Crippen molar-refractivity contribution >= 4 is 54.4 Å². The third kappa shape index (κ3) is 3.94. The first kappa shape index (κ1) is 24.7. The van der Waals surface area contributed by atoms with Gasteiger partial charge in [-0.05, 0) is 36.6 Å². The number of carbonyl (C=O) groups is 3. The first-order valence-corrected chi connectivity index (χ1v) is 11.8. The number of amides is 2. The largest absolute Gasteiger partial charge is 1.00 e. The van der Waals surface area contributed by atoms with Crippen LogP contribution in [0.3, 0.4) is 0 Å². The summed E-state index contributed by atoms with van der Waals surface area (Å²) in [5.41, 5.74) is 1.17. The van der Waals surface area contributed by atoms with E-state index in [4.69, 9.17) is 0 Å². The molecule has 9 nitrogen and oxygen atoms in total. The first-order valence-electron chi connectivity index (χ1n) is 9.95. The maximum atomic E-state index is 13.2. The second kappa shape index (κ2) is 9.31. The summed E-state index contributed by atoms with van der Waals surface area (Å²) < 4.78 is 0. The van der Waals surface area contributed by atoms with Crippen LogP contribution in [0.2, 0.25) is 0 Å². The molecule has 2 saturated heterocycles. The predicted molar refractivity (Wildman–Crippen MR) is 122 cm³/mol. The Bertz CT molecular complexity index is 1170. The van der Waals surface area contributed by atoms with Gasteiger partial charge in [-0.1, -0.05) is 0 Å². The Morgan fingerprint density at radius 3 is 2.58 bits per heavy atom. The van der Waals surface area contributed by atoms with Gasteiger partial charge < -0.3 is 11.4 Å². The number of nitrogens with zero attached hydrogens (tertiary/aromatic N) is 5. The summed E-state index contributed by atoms with van der Waals surface area (Å²) >= 11 is 10.5. The number of carboxylic acid groups (broad SMARTS) is 1. The van der Waals surface area contributed by atoms with E-state index in [0.717, 1.165) is 5.01 Å². The van der Waals surface area contributed by atoms with Crippen LogP contribution in [0.5, 0.6) is 0 Å². The molecule has 0 aliphatic carbocycles. The van der Waals surface area contributed by atoms with Crippen LogP contribution in [0.1, 0.15) is 33.9 Å². The number of aryl methyl sites for hydroxylation is 1. The molecule has 2 amide bonds. The molecule has 5 heterocycles. The van der Waals surface area contributed by atoms with Gasteiger partial charge in [0.1, 0.15) is 27.0 Å². The van der Waals surface area contributed by atoms with Gasteiger partial charge in [0.05, 0.1) is 11.3 Å². The third-order valence-electron chi connectivity index (χ3n) is 6.24. The molecule has 2 aromatic heterocycles. The third-order valence-corrected chi connectivity index (χ3v) is 8.39. The average molecular weight is 514 g/mol. The Morgan fingerprint density at radius 2 is 1.97 bits per heavy atom. The van der Waals surface area contributed by atoms with Crippen LogP contribution < -0.4 is 29.6 Å². The molecule has 1 N–H and O–H groups in total. The topological polar surface area (TPSA) is 117 Å². The number of hydrogen-bond acceptors (Lipinski definition) is 9. The summed E-state index contributed by atoms with van der Waals surface area (Å²) in [7, 11) is 0. The van der Waals surface area contributed by atoms with Crippen molar-refractivity contribution in [1.29, 1.82) is 0 Å². The van der Waals surface area contributed by atoms with Crippen LogP contribution in [0, 0.1) is 12.8 Å². The molecule has 3 aliphatic rings. The van der Waals surface area contributed by atoms with Gasteiger partial charge in [-0.15, -0.1) is 21.5 Å². The molecular formula is C20H20N5NaO4S3. The molecule has 3 aliphatic heterocycles. The van der Waals surface area contributed by atoms with Crippen LogP contribution in [-0.2, 0) is 14.4 Å². The van der Waals surface area contributed by atoms with Crippen molar-refractivity contribution in [2.45, 2.75) is 35.9 Å². The summed E-state index contributed by atoms with van der Waals surface area (Å²) in [5.74, 6) is -1.92. The quantitative estimate of drug-likeness (QED) is 0.261. The van der Waals surface area contributed by atoms with Gasteiger partial charge in [0, 0.05) is 24.9 Å². The Labute approximate surface area is 228 Å². The number of pyridine rings is 1. The Balaban J connectivity index is 0.00000162. The minimum atomic E-state index is -1.18. The van der Waals surface area contributed by atoms with E-state index in [1.165, 1.54) is 16.2 Å². The average Bonchev–Trinajstić information content (AvgIpc) is 3.38. The molecule has 168 valence electrons. The molecule has 0 spiro atoms. The van der Waals surface area contributed by atoms with Gasteiger partial charge in [-0.25, -0.2) is 4.79 Å². The molecule has 0 aromatic carbocycles. The normalized spacial score (nSPS) is 25.2. The molecule has 5 rings (SSSR count). The zero-order chi connectivity index (χ0) is 22.7. The van der Waals surface area contributed by atoms with Crippen molar-refractivity contribution in [2.75, 3.05) is 6.54 Å². The number of thiol groups is 2. The van der Waals surface area contributed by atoms with Gasteiger partial charge in [0.2, 0.25) is 5.91 Å². The maximum Gasteiger partial charge on any atom is 1.00 e. The molecule has 5 atom stereocenters. The second-order valence-electron chi connectivity index (χ2n) is 8.02. The van der Waals surface area contributed by atoms with Crippen LogP contribution >= 0.6 is 36.6 Å². The number of likely N-dealkylation sites (tertiary alicyclic amines) is 1. The van der Waals surface area contributed by atoms with E-state index in [1.54, 1.807) is 29.4 Å². The van der Waals surface area contributed by atoms with E-state index >= 15 is 0 Å². The van der Waals surface area contributed by atoms with Crippen LogP contribution in [0.25, 0.3) is 0 Å². The Morgan fingerprint density at radius 1 is 1.27 bits per heavy atom. The van der Waals surface area contributed by atoms with Crippen molar-refractivity contribution in [1.82, 2.24) is 25.0 Å². The number of aliphatic carboxylic acids is 1. The zero-order valence-corrected chi connectivity index (χ0v) is 22.4. The summed E-state index contributed by atoms with van der Waals surface area (Å²) in [5, 5.41) is 18.1. The van der Waals surface area contributed by atoms with Crippen LogP contribution in [0.15, 0.2) is 35.8 Å². The molecule has 0 radical (unpaired) electrons. The number of β-lactam (4-membered cyclic amide) rings is 1. The summed E-state index contributed by atoms with van der Waals surface area (Å²) in [4.78, 5) is 45.3. The smallest absolute Gasteiger partial charge is 1.00 e. The second-order valence-corrected chi connectivity index (χ2v) is 10.3. The first-order chi connectivity index (χ1) is 15.3. The molecule has 13 heteroatoms. The van der Waals surface area contributed by atoms with Crippen LogP contribution in [-0.4, -0.2) is 66.5 Å². The molecular weight excluding hydrogens is 493 g/mol. The predicted octanol–water partition coefficient (Wildman–Crippen LogP) is -1.22. The maximum absolute atomic E-state index is 13.2. The van der Waals surface area contributed by atoms with E-state index in [2.05, 4.69) is 40.4 Å². The van der Waals surface area contributed by atoms with Crippen molar-refractivity contribution in [2.24, 2.45) is 5.92 Å². The van der Waals surface area contributed by atoms with Gasteiger partial charge in [0.25, 0.3) is 5.91 Å². The van der Waals surface area contributed by atoms with E-state index in [-0.39, 0.29) is 60.5 Å². The number of carboxylic acids is 1. The number of rotatable bonds is 5. The summed E-state index contributed by atoms with van der Waals surface area (Å²) in [6.07, 6.45) is 3.59. The monoisotopic (exact) mass is 513 g/mol. The Hall–Kier alpha value is -1.44. The molecule has 2 fully saturated rings. The van der Waals surface area contributed by atoms with E-state index in [1.807, 2.05) is 6.92 Å². The van der Waals surface area contributed by atoms with Gasteiger partial charge in [0.15, 0.2) is 0 Å². The van der Waals surface area contributed by atoms with E-state index in [9.17, 15) is 19.5 Å². The van der Waals surface area contributed by atoms with Gasteiger partial charge >= 0.3 is 35.5 Å². The SMILES string of the molecule is Cc1nnc([C@@H](S)C2=C(C(=O)O)N3C(=O)[C@@H]4[C@H]3[C@H](C2)CN4C(=O)C(S)c2ccncc2)s1.[H-].[Na+]. The minimum Gasteiger partial charge on any atom is -1.00 e. The van der Waals surface area contributed by atoms with Crippen molar-refractivity contribution < 1.29 is 50.5 Å². The van der Waals surface area contributed by atoms with Crippen LogP contribution in [0.4, 0.5) is 0 Å². The van der Waals surface area contributed by atoms with Crippen molar-refractivity contribution in [3.63, 3.8) is 0 Å². The molecule has 1 unspecified atom stereocenters. The standard InChI is InChI=1S/C20H19N5O4S3.Na.H/c1-8-22-23-17(32-8)16(31)11-6-10-7-24(19(27)15(30)9-2-4-21-5-3-9)14-12(10)25(18(14)26)13(11)20(28)29;;/h2-5,10,12,14-16,30-31H,6-7H2,1H3,(H,28,29);;/q;+1;-1/t10-,12-,14+,15?,16+;;/m1../s1. The van der Waals surface area contributed by atoms with Gasteiger partial charge in [-0.2, -0.15) is 25.3 Å². The fourth-order valence-electron chi connectivity index (χ4n) is 4.86. The number of aromatic nitrogens is 3. The molecule has 0 bridgehead atoms. The zero-order valence-electron chi connectivity index (χ0n) is 18.8. The number of hydrogen-bond donors (Lipinski definition) is 3. The molecule has 2 aromatic rings. The minimum absolute atomic E-state index is 0. The fourth-order valence-corrected chi connectivity index (χ4v) is 6.34.